The first-order valence-electron chi connectivity index (χ1n) is 7.19. The van der Waals surface area contributed by atoms with Gasteiger partial charge < -0.3 is 14.5 Å². The van der Waals surface area contributed by atoms with Crippen molar-refractivity contribution in [1.82, 2.24) is 10.2 Å². The summed E-state index contributed by atoms with van der Waals surface area (Å²) in [6.45, 7) is 1.44. The molecule has 0 bridgehead atoms. The van der Waals surface area contributed by atoms with Crippen LogP contribution in [0.5, 0.6) is 0 Å². The van der Waals surface area contributed by atoms with Crippen LogP contribution < -0.4 is 5.32 Å². The zero-order valence-electron chi connectivity index (χ0n) is 13.0. The molecule has 0 aliphatic heterocycles. The number of nitrogens with one attached hydrogen (secondary N) is 1. The van der Waals surface area contributed by atoms with Gasteiger partial charge in [0.1, 0.15) is 5.76 Å². The van der Waals surface area contributed by atoms with Crippen molar-refractivity contribution < 1.29 is 9.15 Å². The average molecular weight is 288 g/mol. The summed E-state index contributed by atoms with van der Waals surface area (Å²) in [6.07, 6.45) is 1.72. The molecule has 0 radical (unpaired) electrons. The number of nitrogens with zero attached hydrogens (tertiary/aromatic N) is 1. The second-order valence-corrected chi connectivity index (χ2v) is 5.32. The van der Waals surface area contributed by atoms with E-state index < -0.39 is 0 Å². The lowest BCUT2D eigenvalue weighted by Crippen LogP contribution is -2.34. The Bertz CT molecular complexity index is 497. The Morgan fingerprint density at radius 3 is 2.48 bits per heavy atom. The topological polar surface area (TPSA) is 37.6 Å². The van der Waals surface area contributed by atoms with Crippen LogP contribution in [0.2, 0.25) is 0 Å². The number of hydrogen-bond donors (Lipinski definition) is 1. The molecule has 21 heavy (non-hydrogen) atoms. The smallest absolute Gasteiger partial charge is 0.122 e. The third-order valence-corrected chi connectivity index (χ3v) is 3.59. The molecule has 1 aromatic heterocycles. The highest BCUT2D eigenvalue weighted by Crippen LogP contribution is 2.20. The van der Waals surface area contributed by atoms with Crippen molar-refractivity contribution in [1.29, 1.82) is 0 Å². The molecule has 2 unspecified atom stereocenters. The summed E-state index contributed by atoms with van der Waals surface area (Å²) in [5, 5.41) is 3.58. The van der Waals surface area contributed by atoms with Crippen LogP contribution in [-0.2, 0) is 4.74 Å². The summed E-state index contributed by atoms with van der Waals surface area (Å²) in [7, 11) is 5.85. The number of furan rings is 1. The van der Waals surface area contributed by atoms with Crippen molar-refractivity contribution in [3.05, 3.63) is 60.1 Å². The number of benzene rings is 1. The van der Waals surface area contributed by atoms with Crippen molar-refractivity contribution in [3.63, 3.8) is 0 Å². The van der Waals surface area contributed by atoms with Gasteiger partial charge in [0.15, 0.2) is 0 Å². The molecule has 0 aliphatic rings. The minimum Gasteiger partial charge on any atom is -0.468 e. The maximum absolute atomic E-state index is 5.54. The monoisotopic (exact) mass is 288 g/mol. The normalized spacial score (nSPS) is 14.3. The van der Waals surface area contributed by atoms with Gasteiger partial charge in [0.2, 0.25) is 0 Å². The largest absolute Gasteiger partial charge is 0.468 e. The molecule has 2 aromatic rings. The highest BCUT2D eigenvalue weighted by molar-refractivity contribution is 5.19. The van der Waals surface area contributed by atoms with Crippen LogP contribution in [0.25, 0.3) is 0 Å². The maximum Gasteiger partial charge on any atom is 0.122 e. The summed E-state index contributed by atoms with van der Waals surface area (Å²) in [4.78, 5) is 2.15. The number of methoxy groups -OCH3 is 1. The minimum absolute atomic E-state index is 0.175. The standard InChI is InChI=1S/C17H24N2O2/c1-19(2)16(17-10-7-11-21-17)12-18-15(13-20-3)14-8-5-4-6-9-14/h4-11,15-16,18H,12-13H2,1-3H3. The molecule has 0 saturated carbocycles. The Hall–Kier alpha value is -1.62. The maximum atomic E-state index is 5.54. The fourth-order valence-electron chi connectivity index (χ4n) is 2.40. The lowest BCUT2D eigenvalue weighted by Gasteiger charge is -2.26. The minimum atomic E-state index is 0.175. The first-order valence-corrected chi connectivity index (χ1v) is 7.19. The van der Waals surface area contributed by atoms with Crippen molar-refractivity contribution in [2.75, 3.05) is 34.4 Å². The number of ether oxygens (including phenoxy) is 1. The predicted octanol–water partition coefficient (Wildman–Crippen LogP) is 2.86. The molecule has 1 heterocycles. The van der Waals surface area contributed by atoms with Crippen molar-refractivity contribution in [3.8, 4) is 0 Å². The van der Waals surface area contributed by atoms with E-state index in [1.165, 1.54) is 5.56 Å². The van der Waals surface area contributed by atoms with Gasteiger partial charge in [-0.2, -0.15) is 0 Å². The number of likely N-dealkylation sites (N-methyl/N-ethyl adjacent to an activating group) is 1. The second-order valence-electron chi connectivity index (χ2n) is 5.32. The Morgan fingerprint density at radius 1 is 1.14 bits per heavy atom. The first kappa shape index (κ1) is 15.8. The fraction of sp³-hybridized carbons (Fsp3) is 0.412. The highest BCUT2D eigenvalue weighted by Gasteiger charge is 2.19. The molecule has 2 atom stereocenters. The van der Waals surface area contributed by atoms with E-state index in [0.717, 1.165) is 12.3 Å². The van der Waals surface area contributed by atoms with Crippen LogP contribution in [0.1, 0.15) is 23.4 Å². The van der Waals surface area contributed by atoms with Gasteiger partial charge in [-0.1, -0.05) is 30.3 Å². The first-order chi connectivity index (χ1) is 10.2. The third kappa shape index (κ3) is 4.43. The molecule has 0 amide bonds. The average Bonchev–Trinajstić information content (AvgIpc) is 3.01. The summed E-state index contributed by atoms with van der Waals surface area (Å²) < 4.78 is 10.9. The Balaban J connectivity index is 2.03. The molecular formula is C17H24N2O2. The van der Waals surface area contributed by atoms with Gasteiger partial charge in [0.25, 0.3) is 0 Å². The zero-order chi connectivity index (χ0) is 15.1. The fourth-order valence-corrected chi connectivity index (χ4v) is 2.40. The molecule has 0 saturated heterocycles. The summed E-state index contributed by atoms with van der Waals surface area (Å²) in [5.41, 5.74) is 1.23. The molecule has 0 aliphatic carbocycles. The van der Waals surface area contributed by atoms with Crippen molar-refractivity contribution >= 4 is 0 Å². The lowest BCUT2D eigenvalue weighted by molar-refractivity contribution is 0.158. The quantitative estimate of drug-likeness (QED) is 0.810. The zero-order valence-corrected chi connectivity index (χ0v) is 13.0. The van der Waals surface area contributed by atoms with Crippen LogP contribution in [0.3, 0.4) is 0 Å². The van der Waals surface area contributed by atoms with Crippen LogP contribution in [0, 0.1) is 0 Å². The van der Waals surface area contributed by atoms with Crippen LogP contribution in [-0.4, -0.2) is 39.3 Å². The Kier molecular flexibility index (Phi) is 5.99. The Morgan fingerprint density at radius 2 is 1.90 bits per heavy atom. The van der Waals surface area contributed by atoms with E-state index in [2.05, 4.69) is 48.6 Å². The molecule has 1 N–H and O–H groups in total. The highest BCUT2D eigenvalue weighted by atomic mass is 16.5. The van der Waals surface area contributed by atoms with E-state index in [9.17, 15) is 0 Å². The van der Waals surface area contributed by atoms with Gasteiger partial charge in [0, 0.05) is 13.7 Å². The molecular weight excluding hydrogens is 264 g/mol. The van der Waals surface area contributed by atoms with Crippen LogP contribution in [0.4, 0.5) is 0 Å². The van der Waals surface area contributed by atoms with Gasteiger partial charge >= 0.3 is 0 Å². The van der Waals surface area contributed by atoms with Gasteiger partial charge in [0.05, 0.1) is 25.0 Å². The van der Waals surface area contributed by atoms with E-state index in [0.29, 0.717) is 6.61 Å². The number of rotatable bonds is 8. The molecule has 0 spiro atoms. The van der Waals surface area contributed by atoms with Gasteiger partial charge in [-0.3, -0.25) is 4.90 Å². The SMILES string of the molecule is COCC(NCC(c1ccco1)N(C)C)c1ccccc1. The molecule has 4 nitrogen and oxygen atoms in total. The predicted molar refractivity (Wildman–Crippen MR) is 84.2 cm³/mol. The van der Waals surface area contributed by atoms with Gasteiger partial charge in [-0.05, 0) is 31.8 Å². The Labute approximate surface area is 126 Å². The van der Waals surface area contributed by atoms with Crippen LogP contribution >= 0.6 is 0 Å². The summed E-state index contributed by atoms with van der Waals surface area (Å²) in [6, 6.07) is 14.7. The molecule has 114 valence electrons. The van der Waals surface area contributed by atoms with Crippen molar-refractivity contribution in [2.24, 2.45) is 0 Å². The van der Waals surface area contributed by atoms with Crippen molar-refractivity contribution in [2.45, 2.75) is 12.1 Å². The number of hydrogen-bond acceptors (Lipinski definition) is 4. The molecule has 4 heteroatoms. The molecule has 0 fully saturated rings. The van der Waals surface area contributed by atoms with Crippen LogP contribution in [0.15, 0.2) is 53.1 Å². The van der Waals surface area contributed by atoms with E-state index in [1.807, 2.05) is 18.2 Å². The third-order valence-electron chi connectivity index (χ3n) is 3.59. The van der Waals surface area contributed by atoms with Gasteiger partial charge in [-0.25, -0.2) is 0 Å². The molecule has 1 aromatic carbocycles. The van der Waals surface area contributed by atoms with E-state index in [1.54, 1.807) is 13.4 Å². The van der Waals surface area contributed by atoms with E-state index >= 15 is 0 Å². The van der Waals surface area contributed by atoms with E-state index in [4.69, 9.17) is 9.15 Å². The molecule has 2 rings (SSSR count). The summed E-state index contributed by atoms with van der Waals surface area (Å²) >= 11 is 0. The lowest BCUT2D eigenvalue weighted by atomic mass is 10.1. The van der Waals surface area contributed by atoms with Gasteiger partial charge in [-0.15, -0.1) is 0 Å². The summed E-state index contributed by atoms with van der Waals surface area (Å²) in [5.74, 6) is 0.969. The van der Waals surface area contributed by atoms with E-state index in [-0.39, 0.29) is 12.1 Å². The second kappa shape index (κ2) is 7.98.